The highest BCUT2D eigenvalue weighted by Crippen LogP contribution is 2.19. The monoisotopic (exact) mass is 363 g/mol. The summed E-state index contributed by atoms with van der Waals surface area (Å²) >= 11 is 0. The van der Waals surface area contributed by atoms with E-state index in [1.807, 2.05) is 37.3 Å². The Hall–Kier alpha value is -2.90. The Balaban J connectivity index is 1.43. The van der Waals surface area contributed by atoms with Crippen molar-refractivity contribution in [1.29, 1.82) is 0 Å². The maximum Gasteiger partial charge on any atom is 0.250 e. The molecule has 1 aliphatic rings. The van der Waals surface area contributed by atoms with Gasteiger partial charge in [0.1, 0.15) is 0 Å². The zero-order valence-electron chi connectivity index (χ0n) is 15.1. The van der Waals surface area contributed by atoms with Crippen LogP contribution >= 0.6 is 0 Å². The topological polar surface area (TPSA) is 81.9 Å². The molecule has 0 saturated carbocycles. The average Bonchev–Trinajstić information content (AvgIpc) is 3.20. The molecule has 7 nitrogen and oxygen atoms in total. The number of hydrogen-bond donors (Lipinski definition) is 1. The van der Waals surface area contributed by atoms with E-state index in [1.165, 1.54) is 4.68 Å². The minimum absolute atomic E-state index is 0.0113. The highest BCUT2D eigenvalue weighted by molar-refractivity contribution is 5.97. The zero-order chi connectivity index (χ0) is 18.6. The van der Waals surface area contributed by atoms with Crippen molar-refractivity contribution >= 4 is 5.78 Å². The van der Waals surface area contributed by atoms with E-state index < -0.39 is 0 Å². The molecule has 1 saturated heterocycles. The molecule has 0 aliphatic carbocycles. The summed E-state index contributed by atoms with van der Waals surface area (Å²) in [4.78, 5) is 21.1. The molecule has 2 aromatic heterocycles. The molecule has 0 radical (unpaired) electrons. The number of hydrogen-bond acceptors (Lipinski definition) is 6. The lowest BCUT2D eigenvalue weighted by Gasteiger charge is -2.24. The summed E-state index contributed by atoms with van der Waals surface area (Å²) < 4.78 is 7.28. The molecule has 1 aliphatic heterocycles. The first-order valence-corrected chi connectivity index (χ1v) is 8.98. The second-order valence-electron chi connectivity index (χ2n) is 6.58. The van der Waals surface area contributed by atoms with E-state index in [1.54, 1.807) is 18.6 Å². The van der Waals surface area contributed by atoms with Crippen LogP contribution in [-0.2, 0) is 11.2 Å². The van der Waals surface area contributed by atoms with Gasteiger partial charge in [0, 0.05) is 37.6 Å². The Morgan fingerprint density at radius 3 is 2.89 bits per heavy atom. The van der Waals surface area contributed by atoms with Crippen molar-refractivity contribution in [3.63, 3.8) is 0 Å². The van der Waals surface area contributed by atoms with Gasteiger partial charge in [-0.2, -0.15) is 5.10 Å². The number of nitrogens with zero attached hydrogens (tertiary/aromatic N) is 4. The normalized spacial score (nSPS) is 17.0. The lowest BCUT2D eigenvalue weighted by atomic mass is 10.0. The van der Waals surface area contributed by atoms with Gasteiger partial charge in [-0.3, -0.25) is 4.79 Å². The van der Waals surface area contributed by atoms with Gasteiger partial charge in [-0.25, -0.2) is 14.6 Å². The van der Waals surface area contributed by atoms with Crippen molar-refractivity contribution < 1.29 is 9.53 Å². The Labute approximate surface area is 157 Å². The first kappa shape index (κ1) is 17.5. The van der Waals surface area contributed by atoms with Crippen LogP contribution in [0.5, 0.6) is 0 Å². The molecule has 0 amide bonds. The maximum atomic E-state index is 12.6. The summed E-state index contributed by atoms with van der Waals surface area (Å²) in [6.45, 7) is 4.32. The molecule has 3 aromatic rings. The number of benzene rings is 1. The van der Waals surface area contributed by atoms with E-state index in [2.05, 4.69) is 20.4 Å². The van der Waals surface area contributed by atoms with Gasteiger partial charge in [-0.1, -0.05) is 24.3 Å². The summed E-state index contributed by atoms with van der Waals surface area (Å²) in [6.07, 6.45) is 5.31. The van der Waals surface area contributed by atoms with E-state index in [0.29, 0.717) is 17.9 Å². The van der Waals surface area contributed by atoms with Crippen LogP contribution in [0.15, 0.2) is 48.9 Å². The molecule has 0 bridgehead atoms. The zero-order valence-corrected chi connectivity index (χ0v) is 15.1. The number of carbonyl (C=O) groups excluding carboxylic acids is 1. The predicted molar refractivity (Wildman–Crippen MR) is 99.9 cm³/mol. The van der Waals surface area contributed by atoms with Crippen LogP contribution in [0.3, 0.4) is 0 Å². The number of aryl methyl sites for hydroxylation is 1. The predicted octanol–water partition coefficient (Wildman–Crippen LogP) is 2.06. The van der Waals surface area contributed by atoms with E-state index in [9.17, 15) is 4.79 Å². The second-order valence-corrected chi connectivity index (χ2v) is 6.58. The van der Waals surface area contributed by atoms with Gasteiger partial charge in [0.2, 0.25) is 0 Å². The Morgan fingerprint density at radius 1 is 1.30 bits per heavy atom. The summed E-state index contributed by atoms with van der Waals surface area (Å²) in [5.74, 6) is 0.469. The molecule has 1 aromatic carbocycles. The highest BCUT2D eigenvalue weighted by Gasteiger charge is 2.16. The average molecular weight is 363 g/mol. The van der Waals surface area contributed by atoms with Crippen molar-refractivity contribution in [1.82, 2.24) is 25.1 Å². The SMILES string of the molecule is Cc1ccnc(-n2cc(C(=O)Cc3ccc([C@H]4CNCCO4)cc3)cn2)n1. The molecule has 1 atom stereocenters. The molecule has 1 N–H and O–H groups in total. The summed E-state index contributed by atoms with van der Waals surface area (Å²) in [6, 6.07) is 9.85. The molecular formula is C20H21N5O2. The van der Waals surface area contributed by atoms with Gasteiger partial charge in [0.15, 0.2) is 5.78 Å². The van der Waals surface area contributed by atoms with Crippen LogP contribution < -0.4 is 5.32 Å². The van der Waals surface area contributed by atoms with Crippen LogP contribution in [0.4, 0.5) is 0 Å². The Kier molecular flexibility index (Phi) is 5.04. The van der Waals surface area contributed by atoms with Crippen molar-refractivity contribution in [2.24, 2.45) is 0 Å². The molecule has 27 heavy (non-hydrogen) atoms. The molecule has 4 rings (SSSR count). The fraction of sp³-hybridized carbons (Fsp3) is 0.300. The van der Waals surface area contributed by atoms with Crippen molar-refractivity contribution in [2.75, 3.05) is 19.7 Å². The van der Waals surface area contributed by atoms with Crippen molar-refractivity contribution in [3.05, 3.63) is 71.3 Å². The molecule has 138 valence electrons. The van der Waals surface area contributed by atoms with E-state index in [-0.39, 0.29) is 11.9 Å². The molecule has 7 heteroatoms. The van der Waals surface area contributed by atoms with Crippen molar-refractivity contribution in [3.8, 4) is 5.95 Å². The molecule has 0 spiro atoms. The highest BCUT2D eigenvalue weighted by atomic mass is 16.5. The first-order valence-electron chi connectivity index (χ1n) is 8.98. The smallest absolute Gasteiger partial charge is 0.250 e. The van der Waals surface area contributed by atoms with Gasteiger partial charge in [-0.05, 0) is 24.1 Å². The molecule has 3 heterocycles. The van der Waals surface area contributed by atoms with E-state index in [4.69, 9.17) is 4.74 Å². The third kappa shape index (κ3) is 4.10. The summed E-state index contributed by atoms with van der Waals surface area (Å²) in [7, 11) is 0. The van der Waals surface area contributed by atoms with Gasteiger partial charge < -0.3 is 10.1 Å². The van der Waals surface area contributed by atoms with Gasteiger partial charge >= 0.3 is 0 Å². The first-order chi connectivity index (χ1) is 13.2. The van der Waals surface area contributed by atoms with Crippen LogP contribution in [0.25, 0.3) is 5.95 Å². The van der Waals surface area contributed by atoms with Crippen LogP contribution in [0.1, 0.15) is 33.3 Å². The molecular weight excluding hydrogens is 342 g/mol. The van der Waals surface area contributed by atoms with Gasteiger partial charge in [0.25, 0.3) is 5.95 Å². The summed E-state index contributed by atoms with van der Waals surface area (Å²) in [5, 5.41) is 7.54. The minimum Gasteiger partial charge on any atom is -0.371 e. The number of ether oxygens (including phenoxy) is 1. The maximum absolute atomic E-state index is 12.6. The third-order valence-electron chi connectivity index (χ3n) is 4.54. The van der Waals surface area contributed by atoms with Gasteiger partial charge in [-0.15, -0.1) is 0 Å². The summed E-state index contributed by atoms with van der Waals surface area (Å²) in [5.41, 5.74) is 3.49. The second kappa shape index (κ2) is 7.77. The number of aromatic nitrogens is 4. The quantitative estimate of drug-likeness (QED) is 0.699. The number of rotatable bonds is 5. The largest absolute Gasteiger partial charge is 0.371 e. The van der Waals surface area contributed by atoms with Crippen LogP contribution in [-0.4, -0.2) is 45.2 Å². The van der Waals surface area contributed by atoms with Crippen molar-refractivity contribution in [2.45, 2.75) is 19.4 Å². The lowest BCUT2D eigenvalue weighted by molar-refractivity contribution is 0.0277. The Morgan fingerprint density at radius 2 is 2.15 bits per heavy atom. The third-order valence-corrected chi connectivity index (χ3v) is 4.54. The number of nitrogens with one attached hydrogen (secondary N) is 1. The van der Waals surface area contributed by atoms with E-state index in [0.717, 1.165) is 36.5 Å². The van der Waals surface area contributed by atoms with Crippen LogP contribution in [0.2, 0.25) is 0 Å². The fourth-order valence-corrected chi connectivity index (χ4v) is 3.04. The number of morpholine rings is 1. The fourth-order valence-electron chi connectivity index (χ4n) is 3.04. The number of Topliss-reactive ketones (excluding diaryl/α,β-unsaturated/α-hetero) is 1. The molecule has 0 unspecified atom stereocenters. The Bertz CT molecular complexity index is 930. The minimum atomic E-state index is 0.0113. The lowest BCUT2D eigenvalue weighted by Crippen LogP contribution is -2.33. The standard InChI is InChI=1S/C20H21N5O2/c1-14-6-7-22-20(24-14)25-13-17(11-23-25)18(26)10-15-2-4-16(5-3-15)19-12-21-8-9-27-19/h2-7,11,13,19,21H,8-10,12H2,1H3/t19-/m1/s1. The van der Waals surface area contributed by atoms with Gasteiger partial charge in [0.05, 0.1) is 24.5 Å². The van der Waals surface area contributed by atoms with E-state index >= 15 is 0 Å². The van der Waals surface area contributed by atoms with Crippen LogP contribution in [0, 0.1) is 6.92 Å². The molecule has 1 fully saturated rings. The number of carbonyl (C=O) groups is 1. The number of ketones is 1.